The number of hydrogen-bond donors (Lipinski definition) is 2. The minimum Gasteiger partial charge on any atom is -0.397 e. The fourth-order valence-corrected chi connectivity index (χ4v) is 2.64. The summed E-state index contributed by atoms with van der Waals surface area (Å²) in [7, 11) is 1.80. The molecule has 0 spiro atoms. The highest BCUT2D eigenvalue weighted by molar-refractivity contribution is 6.48. The van der Waals surface area contributed by atoms with Crippen LogP contribution >= 0.6 is 11.6 Å². The average molecular weight is 342 g/mol. The first-order valence-electron chi connectivity index (χ1n) is 7.26. The van der Waals surface area contributed by atoms with Gasteiger partial charge >= 0.3 is 0 Å². The molecule has 3 rings (SSSR count). The van der Waals surface area contributed by atoms with Crippen LogP contribution in [0.5, 0.6) is 0 Å². The number of aromatic nitrogens is 2. The second-order valence-corrected chi connectivity index (χ2v) is 5.82. The minimum absolute atomic E-state index is 0.125. The third-order valence-corrected chi connectivity index (χ3v) is 4.19. The molecule has 1 aromatic carbocycles. The van der Waals surface area contributed by atoms with Gasteiger partial charge in [0.2, 0.25) is 0 Å². The Morgan fingerprint density at radius 1 is 1.21 bits per heavy atom. The maximum absolute atomic E-state index is 12.8. The van der Waals surface area contributed by atoms with Crippen molar-refractivity contribution in [3.63, 3.8) is 0 Å². The maximum Gasteiger partial charge on any atom is 0.297 e. The molecular formula is C17H16ClN5O. The Kier molecular flexibility index (Phi) is 3.99. The van der Waals surface area contributed by atoms with Crippen molar-refractivity contribution >= 4 is 28.7 Å². The van der Waals surface area contributed by atoms with Gasteiger partial charge in [-0.15, -0.1) is 0 Å². The highest BCUT2D eigenvalue weighted by Crippen LogP contribution is 2.20. The van der Waals surface area contributed by atoms with E-state index in [9.17, 15) is 4.79 Å². The van der Waals surface area contributed by atoms with Gasteiger partial charge in [0.05, 0.1) is 33.5 Å². The summed E-state index contributed by atoms with van der Waals surface area (Å²) in [5.41, 5.74) is 8.22. The monoisotopic (exact) mass is 341 g/mol. The number of nitrogens with two attached hydrogens (primary N) is 1. The van der Waals surface area contributed by atoms with Gasteiger partial charge in [0.25, 0.3) is 5.56 Å². The Hall–Kier alpha value is -2.86. The van der Waals surface area contributed by atoms with Gasteiger partial charge in [-0.3, -0.25) is 14.9 Å². The third kappa shape index (κ3) is 2.61. The molecule has 0 bridgehead atoms. The van der Waals surface area contributed by atoms with Crippen molar-refractivity contribution in [2.24, 2.45) is 17.8 Å². The highest BCUT2D eigenvalue weighted by atomic mass is 35.5. The van der Waals surface area contributed by atoms with E-state index in [1.54, 1.807) is 16.4 Å². The Balaban J connectivity index is 2.18. The van der Waals surface area contributed by atoms with E-state index in [4.69, 9.17) is 22.7 Å². The SMILES string of the molecule is Cc1c(N=C2C=C(Cl)C(=N)C=C2N)c(=O)n(-c2ccccc2)n1C. The van der Waals surface area contributed by atoms with Crippen LogP contribution in [0.1, 0.15) is 5.69 Å². The molecule has 1 aliphatic rings. The molecule has 0 saturated heterocycles. The number of hydrogen-bond acceptors (Lipinski definition) is 4. The molecule has 0 atom stereocenters. The van der Waals surface area contributed by atoms with E-state index in [2.05, 4.69) is 4.99 Å². The Labute approximate surface area is 143 Å². The zero-order chi connectivity index (χ0) is 17.4. The van der Waals surface area contributed by atoms with Crippen molar-refractivity contribution in [1.29, 1.82) is 5.41 Å². The van der Waals surface area contributed by atoms with Gasteiger partial charge in [-0.25, -0.2) is 9.67 Å². The molecule has 1 heterocycles. The molecule has 1 aromatic heterocycles. The zero-order valence-corrected chi connectivity index (χ0v) is 14.0. The first-order chi connectivity index (χ1) is 11.4. The summed E-state index contributed by atoms with van der Waals surface area (Å²) in [5, 5.41) is 7.88. The molecule has 0 saturated carbocycles. The topological polar surface area (TPSA) is 89.2 Å². The van der Waals surface area contributed by atoms with Gasteiger partial charge in [0, 0.05) is 7.05 Å². The number of benzene rings is 1. The van der Waals surface area contributed by atoms with E-state index < -0.39 is 0 Å². The van der Waals surface area contributed by atoms with Crippen molar-refractivity contribution in [3.8, 4) is 5.69 Å². The van der Waals surface area contributed by atoms with E-state index in [1.807, 2.05) is 37.3 Å². The summed E-state index contributed by atoms with van der Waals surface area (Å²) >= 11 is 5.97. The van der Waals surface area contributed by atoms with E-state index in [-0.39, 0.29) is 16.3 Å². The van der Waals surface area contributed by atoms with Gasteiger partial charge in [0.1, 0.15) is 0 Å². The lowest BCUT2D eigenvalue weighted by Gasteiger charge is -2.09. The summed E-state index contributed by atoms with van der Waals surface area (Å²) in [6.07, 6.45) is 2.92. The van der Waals surface area contributed by atoms with Crippen molar-refractivity contribution in [1.82, 2.24) is 9.36 Å². The molecule has 0 amide bonds. The van der Waals surface area contributed by atoms with Crippen LogP contribution in [-0.2, 0) is 7.05 Å². The van der Waals surface area contributed by atoms with Crippen LogP contribution in [0.2, 0.25) is 0 Å². The molecule has 24 heavy (non-hydrogen) atoms. The molecule has 0 fully saturated rings. The molecule has 0 radical (unpaired) electrons. The number of nitrogens with zero attached hydrogens (tertiary/aromatic N) is 3. The molecular weight excluding hydrogens is 326 g/mol. The largest absolute Gasteiger partial charge is 0.397 e. The van der Waals surface area contributed by atoms with Gasteiger partial charge in [-0.2, -0.15) is 0 Å². The lowest BCUT2D eigenvalue weighted by atomic mass is 10.1. The zero-order valence-electron chi connectivity index (χ0n) is 13.2. The fraction of sp³-hybridized carbons (Fsp3) is 0.118. The normalized spacial score (nSPS) is 16.3. The summed E-state index contributed by atoms with van der Waals surface area (Å²) < 4.78 is 3.29. The van der Waals surface area contributed by atoms with E-state index in [1.165, 1.54) is 12.2 Å². The Morgan fingerprint density at radius 2 is 1.88 bits per heavy atom. The van der Waals surface area contributed by atoms with Crippen molar-refractivity contribution in [3.05, 3.63) is 69.3 Å². The summed E-state index contributed by atoms with van der Waals surface area (Å²) in [5.74, 6) is 0. The first kappa shape index (κ1) is 16.0. The second-order valence-electron chi connectivity index (χ2n) is 5.41. The average Bonchev–Trinajstić information content (AvgIpc) is 2.77. The van der Waals surface area contributed by atoms with Crippen LogP contribution in [0.25, 0.3) is 5.69 Å². The summed E-state index contributed by atoms with van der Waals surface area (Å²) in [6.45, 7) is 1.82. The van der Waals surface area contributed by atoms with E-state index >= 15 is 0 Å². The number of halogens is 1. The molecule has 3 N–H and O–H groups in total. The predicted octanol–water partition coefficient (Wildman–Crippen LogP) is 2.56. The first-order valence-corrected chi connectivity index (χ1v) is 7.64. The number of allylic oxidation sites excluding steroid dienone is 3. The maximum atomic E-state index is 12.8. The lowest BCUT2D eigenvalue weighted by molar-refractivity contribution is 0.630. The van der Waals surface area contributed by atoms with E-state index in [0.717, 1.165) is 5.69 Å². The van der Waals surface area contributed by atoms with Crippen molar-refractivity contribution in [2.45, 2.75) is 6.92 Å². The molecule has 0 unspecified atom stereocenters. The Bertz CT molecular complexity index is 976. The minimum atomic E-state index is -0.244. The van der Waals surface area contributed by atoms with Crippen LogP contribution in [-0.4, -0.2) is 20.8 Å². The molecule has 6 nitrogen and oxygen atoms in total. The summed E-state index contributed by atoms with van der Waals surface area (Å²) in [4.78, 5) is 17.2. The number of rotatable bonds is 2. The number of nitrogens with one attached hydrogen (secondary N) is 1. The van der Waals surface area contributed by atoms with E-state index in [0.29, 0.717) is 22.8 Å². The highest BCUT2D eigenvalue weighted by Gasteiger charge is 2.18. The van der Waals surface area contributed by atoms with Crippen molar-refractivity contribution in [2.75, 3.05) is 0 Å². The molecule has 0 aliphatic heterocycles. The van der Waals surface area contributed by atoms with Gasteiger partial charge in [-0.05, 0) is 31.2 Å². The smallest absolute Gasteiger partial charge is 0.297 e. The van der Waals surface area contributed by atoms with Crippen LogP contribution in [0.3, 0.4) is 0 Å². The van der Waals surface area contributed by atoms with Crippen molar-refractivity contribution < 1.29 is 0 Å². The molecule has 1 aliphatic carbocycles. The summed E-state index contributed by atoms with van der Waals surface area (Å²) in [6, 6.07) is 9.33. The lowest BCUT2D eigenvalue weighted by Crippen LogP contribution is -2.20. The number of para-hydroxylation sites is 1. The van der Waals surface area contributed by atoms with Crippen LogP contribution < -0.4 is 11.3 Å². The standard InChI is InChI=1S/C17H16ClN5O/c1-10-16(21-15-8-12(18)13(19)9-14(15)20)17(24)23(22(10)2)11-6-4-3-5-7-11/h3-9,19H,20H2,1-2H3. The van der Waals surface area contributed by atoms with Gasteiger partial charge in [-0.1, -0.05) is 29.8 Å². The Morgan fingerprint density at radius 3 is 2.54 bits per heavy atom. The molecule has 122 valence electrons. The fourth-order valence-electron chi connectivity index (χ4n) is 2.48. The van der Waals surface area contributed by atoms with Crippen LogP contribution in [0, 0.1) is 12.3 Å². The van der Waals surface area contributed by atoms with Crippen LogP contribution in [0.15, 0.2) is 63.0 Å². The molecule has 2 aromatic rings. The predicted molar refractivity (Wildman–Crippen MR) is 96.8 cm³/mol. The number of aliphatic imine (C=N–C) groups is 1. The van der Waals surface area contributed by atoms with Crippen LogP contribution in [0.4, 0.5) is 5.69 Å². The second kappa shape index (κ2) is 5.98. The molecule has 7 heteroatoms. The third-order valence-electron chi connectivity index (χ3n) is 3.87. The van der Waals surface area contributed by atoms with Gasteiger partial charge in [0.15, 0.2) is 5.69 Å². The van der Waals surface area contributed by atoms with Gasteiger partial charge < -0.3 is 5.73 Å². The quantitative estimate of drug-likeness (QED) is 0.822.